The lowest BCUT2D eigenvalue weighted by Gasteiger charge is -2.25. The number of aryl methyl sites for hydroxylation is 1. The number of hydrogen-bond acceptors (Lipinski definition) is 1. The van der Waals surface area contributed by atoms with Crippen molar-refractivity contribution >= 4 is 0 Å². The van der Waals surface area contributed by atoms with E-state index in [0.717, 1.165) is 17.5 Å². The van der Waals surface area contributed by atoms with Crippen molar-refractivity contribution in [2.75, 3.05) is 0 Å². The Hall–Kier alpha value is -0.980. The van der Waals surface area contributed by atoms with Crippen LogP contribution in [0.5, 0.6) is 5.75 Å². The van der Waals surface area contributed by atoms with Gasteiger partial charge in [-0.3, -0.25) is 0 Å². The molecule has 0 aliphatic heterocycles. The lowest BCUT2D eigenvalue weighted by atomic mass is 9.81. The van der Waals surface area contributed by atoms with Crippen LogP contribution in [0.15, 0.2) is 12.1 Å². The molecule has 21 heavy (non-hydrogen) atoms. The monoisotopic (exact) mass is 290 g/mol. The molecule has 0 radical (unpaired) electrons. The molecule has 0 saturated carbocycles. The molecule has 0 aromatic heterocycles. The first-order valence-electron chi connectivity index (χ1n) is 8.67. The van der Waals surface area contributed by atoms with E-state index in [2.05, 4.69) is 53.7 Å². The molecule has 0 amide bonds. The third kappa shape index (κ3) is 5.05. The summed E-state index contributed by atoms with van der Waals surface area (Å²) in [6, 6.07) is 4.40. The molecule has 1 aromatic rings. The maximum Gasteiger partial charge on any atom is 0.122 e. The van der Waals surface area contributed by atoms with E-state index in [1.165, 1.54) is 37.7 Å². The van der Waals surface area contributed by atoms with Crippen LogP contribution in [0.3, 0.4) is 0 Å². The van der Waals surface area contributed by atoms with Crippen LogP contribution in [0, 0.1) is 0 Å². The molecule has 1 unspecified atom stereocenters. The highest BCUT2D eigenvalue weighted by molar-refractivity contribution is 5.48. The first-order chi connectivity index (χ1) is 9.81. The molecule has 0 aliphatic rings. The lowest BCUT2D eigenvalue weighted by molar-refractivity contribution is 0.432. The summed E-state index contributed by atoms with van der Waals surface area (Å²) in [6.07, 6.45) is 7.36. The molecular weight excluding hydrogens is 256 g/mol. The van der Waals surface area contributed by atoms with E-state index in [4.69, 9.17) is 0 Å². The predicted octanol–water partition coefficient (Wildman–Crippen LogP) is 6.33. The summed E-state index contributed by atoms with van der Waals surface area (Å²) in [5.74, 6) is 0.970. The highest BCUT2D eigenvalue weighted by atomic mass is 16.3. The van der Waals surface area contributed by atoms with Crippen LogP contribution in [0.1, 0.15) is 96.3 Å². The highest BCUT2D eigenvalue weighted by Crippen LogP contribution is 2.39. The minimum absolute atomic E-state index is 0.00799. The number of unbranched alkanes of at least 4 members (excludes halogenated alkanes) is 3. The fraction of sp³-hybridized carbons (Fsp3) is 0.700. The minimum Gasteiger partial charge on any atom is -0.507 e. The normalized spacial score (nSPS) is 13.4. The van der Waals surface area contributed by atoms with Crippen LogP contribution in [-0.2, 0) is 11.8 Å². The van der Waals surface area contributed by atoms with E-state index in [0.29, 0.717) is 11.7 Å². The van der Waals surface area contributed by atoms with Crippen molar-refractivity contribution in [2.24, 2.45) is 0 Å². The summed E-state index contributed by atoms with van der Waals surface area (Å²) >= 11 is 0. The zero-order valence-electron chi connectivity index (χ0n) is 14.9. The van der Waals surface area contributed by atoms with Gasteiger partial charge in [0.05, 0.1) is 0 Å². The minimum atomic E-state index is -0.00799. The summed E-state index contributed by atoms with van der Waals surface area (Å²) in [7, 11) is 0. The van der Waals surface area contributed by atoms with Gasteiger partial charge >= 0.3 is 0 Å². The number of phenols is 1. The Kier molecular flexibility index (Phi) is 6.77. The second-order valence-electron chi connectivity index (χ2n) is 7.44. The maximum absolute atomic E-state index is 10.7. The molecule has 1 rings (SSSR count). The van der Waals surface area contributed by atoms with Gasteiger partial charge in [0.15, 0.2) is 0 Å². The zero-order chi connectivity index (χ0) is 16.0. The Bertz CT molecular complexity index is 440. The Labute approximate surface area is 131 Å². The molecule has 0 heterocycles. The molecule has 1 nitrogen and oxygen atoms in total. The van der Waals surface area contributed by atoms with Crippen molar-refractivity contribution in [1.82, 2.24) is 0 Å². The first kappa shape index (κ1) is 18.1. The third-order valence-electron chi connectivity index (χ3n) is 4.44. The Morgan fingerprint density at radius 2 is 1.71 bits per heavy atom. The average molecular weight is 290 g/mol. The van der Waals surface area contributed by atoms with Gasteiger partial charge in [0.1, 0.15) is 5.75 Å². The molecule has 0 bridgehead atoms. The molecule has 0 spiro atoms. The van der Waals surface area contributed by atoms with Crippen LogP contribution < -0.4 is 0 Å². The van der Waals surface area contributed by atoms with Gasteiger partial charge in [-0.1, -0.05) is 79.4 Å². The maximum atomic E-state index is 10.7. The van der Waals surface area contributed by atoms with Crippen molar-refractivity contribution < 1.29 is 5.11 Å². The van der Waals surface area contributed by atoms with Crippen LogP contribution in [-0.4, -0.2) is 5.11 Å². The summed E-state index contributed by atoms with van der Waals surface area (Å²) in [4.78, 5) is 0. The smallest absolute Gasteiger partial charge is 0.122 e. The second-order valence-corrected chi connectivity index (χ2v) is 7.44. The van der Waals surface area contributed by atoms with Gasteiger partial charge in [-0.15, -0.1) is 0 Å². The van der Waals surface area contributed by atoms with Gasteiger partial charge in [0, 0.05) is 0 Å². The molecule has 1 heteroatoms. The largest absolute Gasteiger partial charge is 0.507 e. The predicted molar refractivity (Wildman–Crippen MR) is 93.4 cm³/mol. The van der Waals surface area contributed by atoms with E-state index < -0.39 is 0 Å². The standard InChI is InChI=1S/C20H34O/c1-7-9-10-11-12-15(3)17-13-16(8-2)14-18(19(17)21)20(4,5)6/h13-15,21H,7-12H2,1-6H3. The van der Waals surface area contributed by atoms with E-state index >= 15 is 0 Å². The number of phenolic OH excluding ortho intramolecular Hbond substituents is 1. The fourth-order valence-electron chi connectivity index (χ4n) is 2.90. The van der Waals surface area contributed by atoms with E-state index in [9.17, 15) is 5.11 Å². The Balaban J connectivity index is 3.00. The number of benzene rings is 1. The van der Waals surface area contributed by atoms with Crippen molar-refractivity contribution in [2.45, 2.75) is 91.4 Å². The van der Waals surface area contributed by atoms with Crippen LogP contribution >= 0.6 is 0 Å². The summed E-state index contributed by atoms with van der Waals surface area (Å²) < 4.78 is 0. The van der Waals surface area contributed by atoms with Crippen molar-refractivity contribution in [1.29, 1.82) is 0 Å². The summed E-state index contributed by atoms with van der Waals surface area (Å²) in [5.41, 5.74) is 3.58. The molecule has 120 valence electrons. The zero-order valence-corrected chi connectivity index (χ0v) is 14.9. The molecule has 0 saturated heterocycles. The molecular formula is C20H34O. The quantitative estimate of drug-likeness (QED) is 0.582. The summed E-state index contributed by atoms with van der Waals surface area (Å²) in [5, 5.41) is 10.7. The molecule has 0 aliphatic carbocycles. The van der Waals surface area contributed by atoms with Gasteiger partial charge in [0.25, 0.3) is 0 Å². The first-order valence-corrected chi connectivity index (χ1v) is 8.67. The third-order valence-corrected chi connectivity index (χ3v) is 4.44. The highest BCUT2D eigenvalue weighted by Gasteiger charge is 2.23. The van der Waals surface area contributed by atoms with Gasteiger partial charge in [-0.25, -0.2) is 0 Å². The Morgan fingerprint density at radius 3 is 2.24 bits per heavy atom. The van der Waals surface area contributed by atoms with Crippen LogP contribution in [0.4, 0.5) is 0 Å². The van der Waals surface area contributed by atoms with Crippen molar-refractivity contribution in [3.8, 4) is 5.75 Å². The van der Waals surface area contributed by atoms with Gasteiger partial charge in [-0.2, -0.15) is 0 Å². The molecule has 1 aromatic carbocycles. The van der Waals surface area contributed by atoms with Gasteiger partial charge < -0.3 is 5.11 Å². The fourth-order valence-corrected chi connectivity index (χ4v) is 2.90. The SMILES string of the molecule is CCCCCCC(C)c1cc(CC)cc(C(C)(C)C)c1O. The number of rotatable bonds is 7. The van der Waals surface area contributed by atoms with Crippen molar-refractivity contribution in [3.05, 3.63) is 28.8 Å². The van der Waals surface area contributed by atoms with E-state index in [-0.39, 0.29) is 5.41 Å². The van der Waals surface area contributed by atoms with Crippen LogP contribution in [0.2, 0.25) is 0 Å². The molecule has 1 N–H and O–H groups in total. The van der Waals surface area contributed by atoms with Crippen LogP contribution in [0.25, 0.3) is 0 Å². The number of aromatic hydroxyl groups is 1. The lowest BCUT2D eigenvalue weighted by Crippen LogP contribution is -2.13. The Morgan fingerprint density at radius 1 is 1.05 bits per heavy atom. The molecule has 1 atom stereocenters. The molecule has 0 fully saturated rings. The van der Waals surface area contributed by atoms with Gasteiger partial charge in [0.2, 0.25) is 0 Å². The van der Waals surface area contributed by atoms with E-state index in [1.807, 2.05) is 0 Å². The van der Waals surface area contributed by atoms with Crippen molar-refractivity contribution in [3.63, 3.8) is 0 Å². The summed E-state index contributed by atoms with van der Waals surface area (Å²) in [6.45, 7) is 13.2. The van der Waals surface area contributed by atoms with E-state index in [1.54, 1.807) is 0 Å². The second kappa shape index (κ2) is 7.87. The topological polar surface area (TPSA) is 20.2 Å². The average Bonchev–Trinajstić information content (AvgIpc) is 2.42. The number of hydrogen-bond donors (Lipinski definition) is 1. The van der Waals surface area contributed by atoms with Gasteiger partial charge in [-0.05, 0) is 40.9 Å².